The second kappa shape index (κ2) is 6.56. The summed E-state index contributed by atoms with van der Waals surface area (Å²) in [6.45, 7) is 2.39. The molecule has 0 radical (unpaired) electrons. The van der Waals surface area contributed by atoms with E-state index in [0.717, 1.165) is 18.5 Å². The van der Waals surface area contributed by atoms with Gasteiger partial charge in [0, 0.05) is 12.6 Å². The fraction of sp³-hybridized carbons (Fsp3) is 0.467. The van der Waals surface area contributed by atoms with Gasteiger partial charge in [-0.05, 0) is 31.5 Å². The number of rotatable bonds is 4. The van der Waals surface area contributed by atoms with Gasteiger partial charge in [0.1, 0.15) is 0 Å². The third kappa shape index (κ3) is 3.26. The molecule has 1 fully saturated rings. The van der Waals surface area contributed by atoms with Gasteiger partial charge in [0.25, 0.3) is 5.89 Å². The first-order valence-corrected chi connectivity index (χ1v) is 7.67. The second-order valence-electron chi connectivity index (χ2n) is 5.35. The van der Waals surface area contributed by atoms with E-state index in [9.17, 15) is 0 Å². The molecule has 2 aromatic rings. The summed E-state index contributed by atoms with van der Waals surface area (Å²) in [7, 11) is 0. The van der Waals surface area contributed by atoms with Gasteiger partial charge in [0.2, 0.25) is 0 Å². The van der Waals surface area contributed by atoms with Gasteiger partial charge in [-0.15, -0.1) is 0 Å². The molecule has 5 nitrogen and oxygen atoms in total. The molecule has 1 aliphatic heterocycles. The van der Waals surface area contributed by atoms with Gasteiger partial charge in [0.15, 0.2) is 5.82 Å². The van der Waals surface area contributed by atoms with Crippen molar-refractivity contribution in [1.82, 2.24) is 15.0 Å². The zero-order valence-corrected chi connectivity index (χ0v) is 12.6. The van der Waals surface area contributed by atoms with Gasteiger partial charge in [0.05, 0.1) is 17.1 Å². The number of hydrogen-bond acceptors (Lipinski definition) is 5. The Morgan fingerprint density at radius 3 is 3.00 bits per heavy atom. The molecule has 112 valence electrons. The number of piperidine rings is 1. The topological polar surface area (TPSA) is 68.2 Å². The van der Waals surface area contributed by atoms with Crippen LogP contribution in [0.25, 0.3) is 11.5 Å². The fourth-order valence-electron chi connectivity index (χ4n) is 2.78. The Morgan fingerprint density at radius 2 is 2.19 bits per heavy atom. The minimum atomic E-state index is 0.418. The van der Waals surface area contributed by atoms with Crippen LogP contribution in [0.5, 0.6) is 0 Å². The molecular formula is C15H19ClN4O. The van der Waals surface area contributed by atoms with Crippen molar-refractivity contribution in [3.8, 4) is 11.5 Å². The van der Waals surface area contributed by atoms with Crippen molar-refractivity contribution in [3.05, 3.63) is 35.1 Å². The van der Waals surface area contributed by atoms with E-state index in [1.54, 1.807) is 0 Å². The predicted octanol–water partition coefficient (Wildman–Crippen LogP) is 2.70. The van der Waals surface area contributed by atoms with Crippen molar-refractivity contribution in [1.29, 1.82) is 0 Å². The molecule has 3 rings (SSSR count). The summed E-state index contributed by atoms with van der Waals surface area (Å²) >= 11 is 6.15. The SMILES string of the molecule is NCC1CCCCN1Cc1noc(-c2ccccc2Cl)n1. The number of likely N-dealkylation sites (tertiary alicyclic amines) is 1. The third-order valence-corrected chi connectivity index (χ3v) is 4.27. The van der Waals surface area contributed by atoms with Crippen molar-refractivity contribution in [2.45, 2.75) is 31.8 Å². The average Bonchev–Trinajstić information content (AvgIpc) is 2.96. The van der Waals surface area contributed by atoms with Crippen LogP contribution in [0.15, 0.2) is 28.8 Å². The number of nitrogens with two attached hydrogens (primary N) is 1. The molecule has 1 aromatic heterocycles. The molecule has 0 bridgehead atoms. The van der Waals surface area contributed by atoms with Gasteiger partial charge < -0.3 is 10.3 Å². The van der Waals surface area contributed by atoms with Crippen LogP contribution >= 0.6 is 11.6 Å². The summed E-state index contributed by atoms with van der Waals surface area (Å²) in [5.41, 5.74) is 6.61. The molecule has 1 unspecified atom stereocenters. The summed E-state index contributed by atoms with van der Waals surface area (Å²) in [5, 5.41) is 4.69. The number of aromatic nitrogens is 2. The van der Waals surface area contributed by atoms with E-state index in [4.69, 9.17) is 21.9 Å². The Labute approximate surface area is 129 Å². The lowest BCUT2D eigenvalue weighted by molar-refractivity contribution is 0.140. The van der Waals surface area contributed by atoms with Crippen molar-refractivity contribution in [2.24, 2.45) is 5.73 Å². The van der Waals surface area contributed by atoms with E-state index in [0.29, 0.717) is 35.9 Å². The highest BCUT2D eigenvalue weighted by molar-refractivity contribution is 6.33. The number of benzene rings is 1. The number of halogens is 1. The van der Waals surface area contributed by atoms with Crippen molar-refractivity contribution < 1.29 is 4.52 Å². The molecule has 1 aromatic carbocycles. The third-order valence-electron chi connectivity index (χ3n) is 3.94. The molecule has 0 saturated carbocycles. The number of hydrogen-bond donors (Lipinski definition) is 1. The van der Waals surface area contributed by atoms with Crippen LogP contribution in [0.3, 0.4) is 0 Å². The van der Waals surface area contributed by atoms with Gasteiger partial charge >= 0.3 is 0 Å². The molecule has 0 aliphatic carbocycles. The van der Waals surface area contributed by atoms with E-state index in [1.807, 2.05) is 24.3 Å². The van der Waals surface area contributed by atoms with Crippen LogP contribution in [0.2, 0.25) is 5.02 Å². The summed E-state index contributed by atoms with van der Waals surface area (Å²) < 4.78 is 5.34. The highest BCUT2D eigenvalue weighted by Gasteiger charge is 2.23. The monoisotopic (exact) mass is 306 g/mol. The van der Waals surface area contributed by atoms with Crippen LogP contribution in [-0.4, -0.2) is 34.2 Å². The summed E-state index contributed by atoms with van der Waals surface area (Å²) in [4.78, 5) is 6.80. The maximum atomic E-state index is 6.15. The molecule has 0 spiro atoms. The standard InChI is InChI=1S/C15H19ClN4O/c16-13-7-2-1-6-12(13)15-18-14(19-21-15)10-20-8-4-3-5-11(20)9-17/h1-2,6-7,11H,3-5,8-10,17H2. The highest BCUT2D eigenvalue weighted by Crippen LogP contribution is 2.26. The van der Waals surface area contributed by atoms with Gasteiger partial charge in [-0.2, -0.15) is 4.98 Å². The molecular weight excluding hydrogens is 288 g/mol. The summed E-state index contributed by atoms with van der Waals surface area (Å²) in [5.74, 6) is 1.15. The molecule has 2 N–H and O–H groups in total. The van der Waals surface area contributed by atoms with Crippen LogP contribution in [0.4, 0.5) is 0 Å². The van der Waals surface area contributed by atoms with Gasteiger partial charge in [-0.1, -0.05) is 35.3 Å². The summed E-state index contributed by atoms with van der Waals surface area (Å²) in [6, 6.07) is 7.89. The normalized spacial score (nSPS) is 19.8. The quantitative estimate of drug-likeness (QED) is 0.940. The van der Waals surface area contributed by atoms with E-state index in [-0.39, 0.29) is 0 Å². The van der Waals surface area contributed by atoms with Crippen molar-refractivity contribution in [2.75, 3.05) is 13.1 Å². The first-order chi connectivity index (χ1) is 10.3. The predicted molar refractivity (Wildman–Crippen MR) is 81.8 cm³/mol. The Balaban J connectivity index is 1.75. The Hall–Kier alpha value is -1.43. The molecule has 1 aliphatic rings. The van der Waals surface area contributed by atoms with E-state index in [2.05, 4.69) is 15.0 Å². The van der Waals surface area contributed by atoms with Crippen LogP contribution in [0, 0.1) is 0 Å². The highest BCUT2D eigenvalue weighted by atomic mass is 35.5. The number of nitrogens with zero attached hydrogens (tertiary/aromatic N) is 3. The lowest BCUT2D eigenvalue weighted by Gasteiger charge is -2.33. The van der Waals surface area contributed by atoms with E-state index in [1.165, 1.54) is 12.8 Å². The maximum absolute atomic E-state index is 6.15. The Kier molecular flexibility index (Phi) is 4.53. The lowest BCUT2D eigenvalue weighted by atomic mass is 10.0. The lowest BCUT2D eigenvalue weighted by Crippen LogP contribution is -2.43. The van der Waals surface area contributed by atoms with Crippen LogP contribution in [-0.2, 0) is 6.54 Å². The minimum Gasteiger partial charge on any atom is -0.334 e. The summed E-state index contributed by atoms with van der Waals surface area (Å²) in [6.07, 6.45) is 3.59. The molecule has 21 heavy (non-hydrogen) atoms. The molecule has 1 saturated heterocycles. The molecule has 1 atom stereocenters. The fourth-order valence-corrected chi connectivity index (χ4v) is 3.00. The maximum Gasteiger partial charge on any atom is 0.259 e. The largest absolute Gasteiger partial charge is 0.334 e. The van der Waals surface area contributed by atoms with Gasteiger partial charge in [-0.3, -0.25) is 4.90 Å². The second-order valence-corrected chi connectivity index (χ2v) is 5.76. The van der Waals surface area contributed by atoms with E-state index >= 15 is 0 Å². The van der Waals surface area contributed by atoms with Gasteiger partial charge in [-0.25, -0.2) is 0 Å². The minimum absolute atomic E-state index is 0.418. The molecule has 0 amide bonds. The average molecular weight is 307 g/mol. The van der Waals surface area contributed by atoms with Crippen LogP contribution in [0.1, 0.15) is 25.1 Å². The Bertz CT molecular complexity index is 601. The molecule has 2 heterocycles. The smallest absolute Gasteiger partial charge is 0.259 e. The van der Waals surface area contributed by atoms with Crippen LogP contribution < -0.4 is 5.73 Å². The zero-order valence-electron chi connectivity index (χ0n) is 11.8. The molecule has 6 heteroatoms. The first kappa shape index (κ1) is 14.5. The zero-order chi connectivity index (χ0) is 14.7. The first-order valence-electron chi connectivity index (χ1n) is 7.29. The van der Waals surface area contributed by atoms with Crippen molar-refractivity contribution >= 4 is 11.6 Å². The van der Waals surface area contributed by atoms with E-state index < -0.39 is 0 Å². The Morgan fingerprint density at radius 1 is 1.33 bits per heavy atom. The van der Waals surface area contributed by atoms with Crippen molar-refractivity contribution in [3.63, 3.8) is 0 Å².